The Morgan fingerprint density at radius 1 is 0.950 bits per heavy atom. The zero-order valence-corrected chi connectivity index (χ0v) is 21.0. The van der Waals surface area contributed by atoms with Crippen LogP contribution in [0.4, 0.5) is 31.1 Å². The third kappa shape index (κ3) is 6.32. The number of nitrogens with two attached hydrogens (primary N) is 1. The van der Waals surface area contributed by atoms with Crippen molar-refractivity contribution in [3.63, 3.8) is 0 Å². The molecule has 0 saturated carbocycles. The van der Waals surface area contributed by atoms with Gasteiger partial charge in [0.2, 0.25) is 11.8 Å². The number of ether oxygens (including phenoxy) is 1. The molecule has 0 aromatic heterocycles. The van der Waals surface area contributed by atoms with Crippen LogP contribution < -0.4 is 5.73 Å². The van der Waals surface area contributed by atoms with Crippen LogP contribution >= 0.6 is 0 Å². The monoisotopic (exact) mass is 572 g/mol. The first-order valence-corrected chi connectivity index (χ1v) is 12.3. The van der Waals surface area contributed by atoms with Crippen LogP contribution in [0.25, 0.3) is 0 Å². The van der Waals surface area contributed by atoms with Gasteiger partial charge < -0.3 is 20.3 Å². The minimum Gasteiger partial charge on any atom is -0.444 e. The lowest BCUT2D eigenvalue weighted by atomic mass is 10.0. The Balaban J connectivity index is 1.57. The van der Waals surface area contributed by atoms with Crippen molar-refractivity contribution in [2.75, 3.05) is 19.6 Å². The zero-order chi connectivity index (χ0) is 29.2. The van der Waals surface area contributed by atoms with Gasteiger partial charge in [-0.05, 0) is 42.3 Å². The first kappa shape index (κ1) is 29.2. The maximum atomic E-state index is 13.3. The number of alkyl halides is 6. The maximum Gasteiger partial charge on any atom is 0.416 e. The molecule has 0 radical (unpaired) electrons. The molecule has 2 aromatic carbocycles. The number of nitrogens with zero attached hydrogens (tertiary/aromatic N) is 3. The normalized spacial score (nSPS) is 20.0. The fourth-order valence-corrected chi connectivity index (χ4v) is 4.91. The van der Waals surface area contributed by atoms with Crippen LogP contribution in [0.3, 0.4) is 0 Å². The molecule has 2 aliphatic heterocycles. The van der Waals surface area contributed by atoms with Gasteiger partial charge in [0, 0.05) is 19.5 Å². The van der Waals surface area contributed by atoms with E-state index in [1.54, 1.807) is 30.3 Å². The molecule has 2 atom stereocenters. The number of amides is 3. The van der Waals surface area contributed by atoms with Crippen LogP contribution in [0, 0.1) is 0 Å². The van der Waals surface area contributed by atoms with E-state index in [2.05, 4.69) is 0 Å². The van der Waals surface area contributed by atoms with Crippen LogP contribution in [0.1, 0.15) is 35.1 Å². The molecular formula is C26H26F6N4O4. The highest BCUT2D eigenvalue weighted by molar-refractivity contribution is 5.90. The lowest BCUT2D eigenvalue weighted by Gasteiger charge is -2.51. The van der Waals surface area contributed by atoms with Gasteiger partial charge in [0.1, 0.15) is 18.8 Å². The molecule has 0 bridgehead atoms. The molecule has 0 spiro atoms. The average Bonchev–Trinajstić information content (AvgIpc) is 2.89. The van der Waals surface area contributed by atoms with E-state index >= 15 is 0 Å². The van der Waals surface area contributed by atoms with E-state index in [1.165, 1.54) is 9.80 Å². The summed E-state index contributed by atoms with van der Waals surface area (Å²) in [5.74, 6) is -0.731. The largest absolute Gasteiger partial charge is 0.444 e. The van der Waals surface area contributed by atoms with E-state index in [4.69, 9.17) is 10.5 Å². The van der Waals surface area contributed by atoms with E-state index in [0.29, 0.717) is 12.1 Å². The van der Waals surface area contributed by atoms with E-state index < -0.39 is 54.0 Å². The van der Waals surface area contributed by atoms with Crippen LogP contribution in [-0.2, 0) is 39.8 Å². The second kappa shape index (κ2) is 11.4. The summed E-state index contributed by atoms with van der Waals surface area (Å²) in [6, 6.07) is 8.99. The van der Waals surface area contributed by atoms with E-state index in [0.717, 1.165) is 10.5 Å². The molecule has 4 rings (SSSR count). The lowest BCUT2D eigenvalue weighted by Crippen LogP contribution is -2.71. The third-order valence-corrected chi connectivity index (χ3v) is 6.75. The predicted octanol–water partition coefficient (Wildman–Crippen LogP) is 3.98. The minimum absolute atomic E-state index is 0.0165. The highest BCUT2D eigenvalue weighted by Crippen LogP contribution is 2.36. The van der Waals surface area contributed by atoms with Gasteiger partial charge in [-0.1, -0.05) is 30.3 Å². The van der Waals surface area contributed by atoms with Crippen LogP contribution in [0.2, 0.25) is 0 Å². The summed E-state index contributed by atoms with van der Waals surface area (Å²) in [6.45, 7) is -0.794. The number of carbonyl (C=O) groups excluding carboxylic acids is 3. The molecule has 2 aliphatic rings. The Morgan fingerprint density at radius 3 is 2.15 bits per heavy atom. The lowest BCUT2D eigenvalue weighted by molar-refractivity contribution is -0.168. The van der Waals surface area contributed by atoms with Gasteiger partial charge in [-0.2, -0.15) is 26.3 Å². The topological polar surface area (TPSA) is 96.2 Å². The van der Waals surface area contributed by atoms with Crippen LogP contribution in [0.5, 0.6) is 0 Å². The smallest absolute Gasteiger partial charge is 0.416 e. The van der Waals surface area contributed by atoms with E-state index in [9.17, 15) is 40.7 Å². The molecule has 40 heavy (non-hydrogen) atoms. The summed E-state index contributed by atoms with van der Waals surface area (Å²) in [6.07, 6.45) is -12.1. The SMILES string of the molecule is NCC[C@H]1C(=O)N(Cc2ccccc2)CC2N(C(=O)OCc3cc(C(F)(F)F)cc(C(F)(F)F)c3)CCC(=O)N21. The van der Waals surface area contributed by atoms with Gasteiger partial charge in [0.05, 0.1) is 17.7 Å². The second-order valence-electron chi connectivity index (χ2n) is 9.49. The van der Waals surface area contributed by atoms with Gasteiger partial charge in [0.15, 0.2) is 0 Å². The predicted molar refractivity (Wildman–Crippen MR) is 128 cm³/mol. The van der Waals surface area contributed by atoms with Crippen molar-refractivity contribution in [3.05, 3.63) is 70.8 Å². The summed E-state index contributed by atoms with van der Waals surface area (Å²) in [4.78, 5) is 43.2. The number of piperazine rings is 1. The van der Waals surface area contributed by atoms with Crippen molar-refractivity contribution in [3.8, 4) is 0 Å². The fourth-order valence-electron chi connectivity index (χ4n) is 4.91. The minimum atomic E-state index is -5.05. The highest BCUT2D eigenvalue weighted by atomic mass is 19.4. The van der Waals surface area contributed by atoms with Gasteiger partial charge in [-0.15, -0.1) is 0 Å². The second-order valence-corrected chi connectivity index (χ2v) is 9.49. The summed E-state index contributed by atoms with van der Waals surface area (Å²) in [5, 5.41) is 0. The summed E-state index contributed by atoms with van der Waals surface area (Å²) in [7, 11) is 0. The number of fused-ring (bicyclic) bond motifs is 1. The molecule has 2 fully saturated rings. The number of rotatable bonds is 6. The highest BCUT2D eigenvalue weighted by Gasteiger charge is 2.49. The number of halogens is 6. The van der Waals surface area contributed by atoms with Crippen molar-refractivity contribution >= 4 is 17.9 Å². The molecule has 2 heterocycles. The molecule has 2 saturated heterocycles. The van der Waals surface area contributed by atoms with Crippen LogP contribution in [-0.4, -0.2) is 64.4 Å². The molecule has 0 aliphatic carbocycles. The van der Waals surface area contributed by atoms with Gasteiger partial charge >= 0.3 is 18.4 Å². The first-order valence-electron chi connectivity index (χ1n) is 12.3. The number of hydrogen-bond donors (Lipinski definition) is 1. The van der Waals surface area contributed by atoms with E-state index in [1.807, 2.05) is 0 Å². The van der Waals surface area contributed by atoms with E-state index in [-0.39, 0.29) is 56.9 Å². The average molecular weight is 573 g/mol. The zero-order valence-electron chi connectivity index (χ0n) is 21.0. The van der Waals surface area contributed by atoms with Crippen molar-refractivity contribution < 1.29 is 45.5 Å². The van der Waals surface area contributed by atoms with Gasteiger partial charge in [0.25, 0.3) is 0 Å². The molecule has 216 valence electrons. The Morgan fingerprint density at radius 2 is 1.57 bits per heavy atom. The molecule has 8 nitrogen and oxygen atoms in total. The first-order chi connectivity index (χ1) is 18.8. The van der Waals surface area contributed by atoms with Crippen molar-refractivity contribution in [1.82, 2.24) is 14.7 Å². The molecule has 2 aromatic rings. The molecule has 2 N–H and O–H groups in total. The Hall–Kier alpha value is -3.81. The maximum absolute atomic E-state index is 13.3. The summed E-state index contributed by atoms with van der Waals surface area (Å²) >= 11 is 0. The van der Waals surface area contributed by atoms with Crippen molar-refractivity contribution in [1.29, 1.82) is 0 Å². The Bertz CT molecular complexity index is 1220. The molecular weight excluding hydrogens is 546 g/mol. The van der Waals surface area contributed by atoms with Crippen molar-refractivity contribution in [2.45, 2.75) is 50.6 Å². The standard InChI is InChI=1S/C26H26F6N4O4/c27-25(28,29)18-10-17(11-19(12-18)26(30,31)32)15-40-24(39)35-9-7-22(37)36-20(6-8-33)23(38)34(14-21(35)36)13-16-4-2-1-3-5-16/h1-5,10-12,20-21H,6-9,13-15,33H2/t20-,21?/m0/s1. The summed E-state index contributed by atoms with van der Waals surface area (Å²) < 4.78 is 84.4. The van der Waals surface area contributed by atoms with Crippen LogP contribution in [0.15, 0.2) is 48.5 Å². The third-order valence-electron chi connectivity index (χ3n) is 6.75. The number of hydrogen-bond acceptors (Lipinski definition) is 5. The number of benzene rings is 2. The van der Waals surface area contributed by atoms with Gasteiger partial charge in [-0.25, -0.2) is 4.79 Å². The molecule has 1 unspecified atom stereocenters. The summed E-state index contributed by atoms with van der Waals surface area (Å²) in [5.41, 5.74) is 2.93. The molecule has 3 amide bonds. The quantitative estimate of drug-likeness (QED) is 0.529. The van der Waals surface area contributed by atoms with Gasteiger partial charge in [-0.3, -0.25) is 14.5 Å². The Kier molecular flexibility index (Phi) is 8.28. The fraction of sp³-hybridized carbons (Fsp3) is 0.423. The van der Waals surface area contributed by atoms with Crippen molar-refractivity contribution in [2.24, 2.45) is 5.73 Å². The Labute approximate surface area is 225 Å². The number of carbonyl (C=O) groups is 3. The molecule has 14 heteroatoms.